The summed E-state index contributed by atoms with van der Waals surface area (Å²) in [7, 11) is -1.07. The molecule has 0 aliphatic carbocycles. The normalized spacial score (nSPS) is 10.9. The van der Waals surface area contributed by atoms with Crippen molar-refractivity contribution in [2.75, 3.05) is 25.1 Å². The van der Waals surface area contributed by atoms with Gasteiger partial charge in [-0.25, -0.2) is 13.2 Å². The zero-order valence-electron chi connectivity index (χ0n) is 14.9. The van der Waals surface area contributed by atoms with Crippen molar-refractivity contribution in [3.8, 4) is 5.75 Å². The summed E-state index contributed by atoms with van der Waals surface area (Å²) >= 11 is 0. The Morgan fingerprint density at radius 2 is 1.81 bits per heavy atom. The van der Waals surface area contributed by atoms with Crippen molar-refractivity contribution in [2.45, 2.75) is 11.8 Å². The maximum atomic E-state index is 13.1. The van der Waals surface area contributed by atoms with Crippen molar-refractivity contribution in [1.82, 2.24) is 0 Å². The second-order valence-corrected chi connectivity index (χ2v) is 7.30. The van der Waals surface area contributed by atoms with E-state index in [2.05, 4.69) is 6.58 Å². The van der Waals surface area contributed by atoms with Crippen LogP contribution in [0.15, 0.2) is 60.0 Å². The number of ether oxygens (including phenoxy) is 2. The third kappa shape index (κ3) is 3.72. The van der Waals surface area contributed by atoms with E-state index in [-0.39, 0.29) is 11.4 Å². The molecule has 0 saturated carbocycles. The predicted molar refractivity (Wildman–Crippen MR) is 100 cm³/mol. The van der Waals surface area contributed by atoms with Crippen LogP contribution in [0.5, 0.6) is 5.75 Å². The van der Waals surface area contributed by atoms with Gasteiger partial charge in [0.25, 0.3) is 10.0 Å². The topological polar surface area (TPSA) is 72.9 Å². The first-order chi connectivity index (χ1) is 12.4. The standard InChI is InChI=1S/C19H21NO5S/c1-5-13-20(18-8-6-7-17(14(18)2)19(21)25-4)26(22,23)16-11-9-15(24-3)10-12-16/h5-12H,1,13H2,2-4H3. The van der Waals surface area contributed by atoms with Crippen LogP contribution in [0.1, 0.15) is 15.9 Å². The van der Waals surface area contributed by atoms with Crippen molar-refractivity contribution in [1.29, 1.82) is 0 Å². The van der Waals surface area contributed by atoms with E-state index in [4.69, 9.17) is 9.47 Å². The van der Waals surface area contributed by atoms with E-state index < -0.39 is 16.0 Å². The number of hydrogen-bond acceptors (Lipinski definition) is 5. The number of sulfonamides is 1. The highest BCUT2D eigenvalue weighted by atomic mass is 32.2. The minimum Gasteiger partial charge on any atom is -0.497 e. The summed E-state index contributed by atoms with van der Waals surface area (Å²) in [5, 5.41) is 0. The van der Waals surface area contributed by atoms with Crippen molar-refractivity contribution < 1.29 is 22.7 Å². The lowest BCUT2D eigenvalue weighted by Gasteiger charge is -2.25. The van der Waals surface area contributed by atoms with Gasteiger partial charge in [0.1, 0.15) is 5.75 Å². The maximum Gasteiger partial charge on any atom is 0.338 e. The molecule has 0 aliphatic rings. The van der Waals surface area contributed by atoms with Gasteiger partial charge in [0.05, 0.1) is 36.9 Å². The predicted octanol–water partition coefficient (Wildman–Crippen LogP) is 3.17. The first-order valence-electron chi connectivity index (χ1n) is 7.82. The van der Waals surface area contributed by atoms with Crippen LogP contribution in [-0.2, 0) is 14.8 Å². The molecule has 0 atom stereocenters. The zero-order chi connectivity index (χ0) is 19.3. The summed E-state index contributed by atoms with van der Waals surface area (Å²) in [6, 6.07) is 11.0. The molecule has 0 fully saturated rings. The second-order valence-electron chi connectivity index (χ2n) is 5.44. The molecule has 0 amide bonds. The molecule has 6 nitrogen and oxygen atoms in total. The molecule has 0 unspecified atom stereocenters. The van der Waals surface area contributed by atoms with Crippen molar-refractivity contribution in [2.24, 2.45) is 0 Å². The number of methoxy groups -OCH3 is 2. The Morgan fingerprint density at radius 3 is 2.35 bits per heavy atom. The van der Waals surface area contributed by atoms with Gasteiger partial charge < -0.3 is 9.47 Å². The maximum absolute atomic E-state index is 13.1. The molecule has 0 radical (unpaired) electrons. The lowest BCUT2D eigenvalue weighted by Crippen LogP contribution is -2.32. The van der Waals surface area contributed by atoms with Gasteiger partial charge in [-0.1, -0.05) is 12.1 Å². The van der Waals surface area contributed by atoms with Crippen LogP contribution >= 0.6 is 0 Å². The largest absolute Gasteiger partial charge is 0.497 e. The van der Waals surface area contributed by atoms with Gasteiger partial charge in [-0.2, -0.15) is 0 Å². The molecule has 138 valence electrons. The quantitative estimate of drug-likeness (QED) is 0.549. The van der Waals surface area contributed by atoms with Crippen LogP contribution in [0.25, 0.3) is 0 Å². The minimum absolute atomic E-state index is 0.0554. The van der Waals surface area contributed by atoms with E-state index in [1.165, 1.54) is 36.7 Å². The van der Waals surface area contributed by atoms with Gasteiger partial charge in [0, 0.05) is 0 Å². The Labute approximate surface area is 153 Å². The van der Waals surface area contributed by atoms with Crippen LogP contribution in [-0.4, -0.2) is 35.2 Å². The number of anilines is 1. The number of carbonyl (C=O) groups is 1. The Morgan fingerprint density at radius 1 is 1.15 bits per heavy atom. The van der Waals surface area contributed by atoms with Crippen molar-refractivity contribution >= 4 is 21.7 Å². The molecular weight excluding hydrogens is 354 g/mol. The smallest absolute Gasteiger partial charge is 0.338 e. The van der Waals surface area contributed by atoms with E-state index in [9.17, 15) is 13.2 Å². The average Bonchev–Trinajstić information content (AvgIpc) is 2.66. The Balaban J connectivity index is 2.58. The molecule has 2 rings (SSSR count). The molecule has 0 aromatic heterocycles. The van der Waals surface area contributed by atoms with Gasteiger partial charge in [-0.15, -0.1) is 6.58 Å². The molecule has 0 spiro atoms. The molecule has 7 heteroatoms. The minimum atomic E-state index is -3.86. The van der Waals surface area contributed by atoms with Gasteiger partial charge in [0.15, 0.2) is 0 Å². The molecule has 26 heavy (non-hydrogen) atoms. The summed E-state index contributed by atoms with van der Waals surface area (Å²) < 4.78 is 37.3. The van der Waals surface area contributed by atoms with Crippen LogP contribution in [0.3, 0.4) is 0 Å². The molecule has 0 bridgehead atoms. The van der Waals surface area contributed by atoms with Gasteiger partial charge in [-0.3, -0.25) is 4.31 Å². The van der Waals surface area contributed by atoms with Gasteiger partial charge >= 0.3 is 5.97 Å². The van der Waals surface area contributed by atoms with E-state index in [0.717, 1.165) is 0 Å². The number of rotatable bonds is 7. The van der Waals surface area contributed by atoms with Crippen LogP contribution in [0, 0.1) is 6.92 Å². The second kappa shape index (κ2) is 8.05. The summed E-state index contributed by atoms with van der Waals surface area (Å²) in [5.41, 5.74) is 1.21. The lowest BCUT2D eigenvalue weighted by molar-refractivity contribution is 0.0600. The molecule has 0 heterocycles. The number of nitrogens with zero attached hydrogens (tertiary/aromatic N) is 1. The number of esters is 1. The van der Waals surface area contributed by atoms with E-state index >= 15 is 0 Å². The number of carbonyl (C=O) groups excluding carboxylic acids is 1. The summed E-state index contributed by atoms with van der Waals surface area (Å²) in [6.45, 7) is 5.38. The number of benzene rings is 2. The fourth-order valence-corrected chi connectivity index (χ4v) is 4.04. The fraction of sp³-hybridized carbons (Fsp3) is 0.211. The zero-order valence-corrected chi connectivity index (χ0v) is 15.7. The molecule has 0 saturated heterocycles. The van der Waals surface area contributed by atoms with E-state index in [1.54, 1.807) is 37.3 Å². The Kier molecular flexibility index (Phi) is 6.05. The van der Waals surface area contributed by atoms with Crippen molar-refractivity contribution in [3.05, 3.63) is 66.2 Å². The first kappa shape index (κ1) is 19.5. The molecule has 2 aromatic carbocycles. The van der Waals surface area contributed by atoms with Crippen LogP contribution in [0.4, 0.5) is 5.69 Å². The fourth-order valence-electron chi connectivity index (χ4n) is 2.54. The average molecular weight is 375 g/mol. The third-order valence-electron chi connectivity index (χ3n) is 3.92. The lowest BCUT2D eigenvalue weighted by atomic mass is 10.1. The summed E-state index contributed by atoms with van der Waals surface area (Å²) in [6.07, 6.45) is 1.49. The van der Waals surface area contributed by atoms with E-state index in [1.807, 2.05) is 0 Å². The third-order valence-corrected chi connectivity index (χ3v) is 5.72. The Hall–Kier alpha value is -2.80. The highest BCUT2D eigenvalue weighted by Crippen LogP contribution is 2.29. The monoisotopic (exact) mass is 375 g/mol. The van der Waals surface area contributed by atoms with Crippen LogP contribution < -0.4 is 9.04 Å². The van der Waals surface area contributed by atoms with Gasteiger partial charge in [0.2, 0.25) is 0 Å². The van der Waals surface area contributed by atoms with Gasteiger partial charge in [-0.05, 0) is 48.9 Å². The Bertz CT molecular complexity index is 904. The molecule has 0 aliphatic heterocycles. The summed E-state index contributed by atoms with van der Waals surface area (Å²) in [4.78, 5) is 12.0. The number of hydrogen-bond donors (Lipinski definition) is 0. The SMILES string of the molecule is C=CCN(c1cccc(C(=O)OC)c1C)S(=O)(=O)c1ccc(OC)cc1. The van der Waals surface area contributed by atoms with Crippen molar-refractivity contribution in [3.63, 3.8) is 0 Å². The first-order valence-corrected chi connectivity index (χ1v) is 9.26. The summed E-state index contributed by atoms with van der Waals surface area (Å²) in [5.74, 6) is 0.0350. The highest BCUT2D eigenvalue weighted by molar-refractivity contribution is 7.92. The molecular formula is C19H21NO5S. The highest BCUT2D eigenvalue weighted by Gasteiger charge is 2.26. The van der Waals surface area contributed by atoms with Crippen LogP contribution in [0.2, 0.25) is 0 Å². The van der Waals surface area contributed by atoms with E-state index in [0.29, 0.717) is 22.6 Å². The molecule has 2 aromatic rings. The molecule has 0 N–H and O–H groups in total.